The molecule has 0 unspecified atom stereocenters. The number of amides is 1. The van der Waals surface area contributed by atoms with Crippen molar-refractivity contribution in [1.29, 1.82) is 0 Å². The molecular formula is C22H26F2N2O. The van der Waals surface area contributed by atoms with E-state index in [4.69, 9.17) is 0 Å². The summed E-state index contributed by atoms with van der Waals surface area (Å²) < 4.78 is 26.7. The Morgan fingerprint density at radius 1 is 1.07 bits per heavy atom. The van der Waals surface area contributed by atoms with Crippen LogP contribution in [0.2, 0.25) is 0 Å². The molecule has 27 heavy (non-hydrogen) atoms. The van der Waals surface area contributed by atoms with E-state index in [0.717, 1.165) is 37.2 Å². The average Bonchev–Trinajstić information content (AvgIpc) is 2.65. The van der Waals surface area contributed by atoms with Gasteiger partial charge in [-0.15, -0.1) is 0 Å². The predicted octanol–water partition coefficient (Wildman–Crippen LogP) is 4.62. The van der Waals surface area contributed by atoms with Gasteiger partial charge < -0.3 is 4.90 Å². The Hall–Kier alpha value is -2.27. The van der Waals surface area contributed by atoms with Crippen molar-refractivity contribution in [2.24, 2.45) is 5.92 Å². The standard InChI is InChI=1S/C22H26F2N2O/c1-16(2)22(27)26(20-8-6-18(23)7-9-20)21-10-12-25(13-11-21)15-17-4-3-5-19(24)14-17/h3-9,14,16,21H,10-13,15H2,1-2H3. The highest BCUT2D eigenvalue weighted by Gasteiger charge is 2.30. The smallest absolute Gasteiger partial charge is 0.229 e. The van der Waals surface area contributed by atoms with Crippen LogP contribution in [0.1, 0.15) is 32.3 Å². The van der Waals surface area contributed by atoms with E-state index in [2.05, 4.69) is 4.90 Å². The molecule has 0 radical (unpaired) electrons. The van der Waals surface area contributed by atoms with E-state index in [1.54, 1.807) is 24.3 Å². The lowest BCUT2D eigenvalue weighted by Crippen LogP contribution is -2.48. The predicted molar refractivity (Wildman–Crippen MR) is 103 cm³/mol. The molecule has 0 saturated carbocycles. The van der Waals surface area contributed by atoms with E-state index in [0.29, 0.717) is 6.54 Å². The lowest BCUT2D eigenvalue weighted by atomic mass is 9.99. The molecule has 1 saturated heterocycles. The van der Waals surface area contributed by atoms with Crippen molar-refractivity contribution in [1.82, 2.24) is 4.90 Å². The first kappa shape index (κ1) is 19.5. The van der Waals surface area contributed by atoms with Gasteiger partial charge in [-0.1, -0.05) is 26.0 Å². The first-order valence-electron chi connectivity index (χ1n) is 9.49. The maximum atomic E-state index is 13.4. The number of benzene rings is 2. The molecular weight excluding hydrogens is 346 g/mol. The first-order valence-corrected chi connectivity index (χ1v) is 9.49. The topological polar surface area (TPSA) is 23.6 Å². The van der Waals surface area contributed by atoms with Gasteiger partial charge in [0.2, 0.25) is 5.91 Å². The Labute approximate surface area is 159 Å². The molecule has 3 rings (SSSR count). The van der Waals surface area contributed by atoms with E-state index in [1.165, 1.54) is 18.2 Å². The SMILES string of the molecule is CC(C)C(=O)N(c1ccc(F)cc1)C1CCN(Cc2cccc(F)c2)CC1. The van der Waals surface area contributed by atoms with Crippen molar-refractivity contribution in [3.05, 3.63) is 65.7 Å². The van der Waals surface area contributed by atoms with E-state index in [1.807, 2.05) is 24.8 Å². The molecule has 0 aliphatic carbocycles. The van der Waals surface area contributed by atoms with Crippen molar-refractivity contribution in [2.45, 2.75) is 39.3 Å². The van der Waals surface area contributed by atoms with Crippen LogP contribution in [-0.2, 0) is 11.3 Å². The summed E-state index contributed by atoms with van der Waals surface area (Å²) in [5.41, 5.74) is 1.71. The number of hydrogen-bond donors (Lipinski definition) is 0. The second-order valence-corrected chi connectivity index (χ2v) is 7.48. The Morgan fingerprint density at radius 2 is 1.74 bits per heavy atom. The van der Waals surface area contributed by atoms with Crippen molar-refractivity contribution >= 4 is 11.6 Å². The zero-order valence-corrected chi connectivity index (χ0v) is 15.9. The van der Waals surface area contributed by atoms with Crippen LogP contribution in [0, 0.1) is 17.6 Å². The van der Waals surface area contributed by atoms with Crippen LogP contribution in [0.15, 0.2) is 48.5 Å². The number of hydrogen-bond acceptors (Lipinski definition) is 2. The largest absolute Gasteiger partial charge is 0.309 e. The molecule has 1 aliphatic heterocycles. The molecule has 1 heterocycles. The fraction of sp³-hybridized carbons (Fsp3) is 0.409. The van der Waals surface area contributed by atoms with E-state index in [9.17, 15) is 13.6 Å². The number of carbonyl (C=O) groups excluding carboxylic acids is 1. The molecule has 0 bridgehead atoms. The normalized spacial score (nSPS) is 15.9. The summed E-state index contributed by atoms with van der Waals surface area (Å²) in [6.07, 6.45) is 1.68. The third kappa shape index (κ3) is 4.92. The van der Waals surface area contributed by atoms with Gasteiger partial charge in [-0.3, -0.25) is 9.69 Å². The average molecular weight is 372 g/mol. The quantitative estimate of drug-likeness (QED) is 0.765. The summed E-state index contributed by atoms with van der Waals surface area (Å²) in [4.78, 5) is 16.9. The molecule has 0 spiro atoms. The molecule has 5 heteroatoms. The second-order valence-electron chi connectivity index (χ2n) is 7.48. The summed E-state index contributed by atoms with van der Waals surface area (Å²) in [6, 6.07) is 12.9. The fourth-order valence-corrected chi connectivity index (χ4v) is 3.63. The van der Waals surface area contributed by atoms with Gasteiger partial charge in [-0.2, -0.15) is 0 Å². The van der Waals surface area contributed by atoms with Gasteiger partial charge in [0.25, 0.3) is 0 Å². The lowest BCUT2D eigenvalue weighted by molar-refractivity contribution is -0.122. The van der Waals surface area contributed by atoms with Crippen LogP contribution in [-0.4, -0.2) is 29.9 Å². The van der Waals surface area contributed by atoms with E-state index < -0.39 is 0 Å². The molecule has 1 fully saturated rings. The number of likely N-dealkylation sites (tertiary alicyclic amines) is 1. The Balaban J connectivity index is 1.68. The van der Waals surface area contributed by atoms with Crippen LogP contribution in [0.25, 0.3) is 0 Å². The molecule has 1 aliphatic rings. The highest BCUT2D eigenvalue weighted by molar-refractivity contribution is 5.95. The lowest BCUT2D eigenvalue weighted by Gasteiger charge is -2.39. The number of halogens is 2. The number of carbonyl (C=O) groups is 1. The minimum atomic E-state index is -0.305. The van der Waals surface area contributed by atoms with Crippen LogP contribution in [0.5, 0.6) is 0 Å². The number of piperidine rings is 1. The summed E-state index contributed by atoms with van der Waals surface area (Å²) in [5.74, 6) is -0.585. The number of nitrogens with zero attached hydrogens (tertiary/aromatic N) is 2. The summed E-state index contributed by atoms with van der Waals surface area (Å²) >= 11 is 0. The fourth-order valence-electron chi connectivity index (χ4n) is 3.63. The highest BCUT2D eigenvalue weighted by atomic mass is 19.1. The summed E-state index contributed by atoms with van der Waals surface area (Å²) in [5, 5.41) is 0. The zero-order valence-electron chi connectivity index (χ0n) is 15.9. The van der Waals surface area contributed by atoms with Gasteiger partial charge in [0.1, 0.15) is 11.6 Å². The summed E-state index contributed by atoms with van der Waals surface area (Å²) in [6.45, 7) is 6.16. The maximum absolute atomic E-state index is 13.4. The van der Waals surface area contributed by atoms with Crippen LogP contribution in [0.4, 0.5) is 14.5 Å². The minimum absolute atomic E-state index is 0.0604. The minimum Gasteiger partial charge on any atom is -0.309 e. The number of rotatable bonds is 5. The Morgan fingerprint density at radius 3 is 2.33 bits per heavy atom. The van der Waals surface area contributed by atoms with Crippen molar-refractivity contribution < 1.29 is 13.6 Å². The van der Waals surface area contributed by atoms with Gasteiger partial charge in [-0.05, 0) is 54.8 Å². The van der Waals surface area contributed by atoms with Crippen molar-refractivity contribution in [3.63, 3.8) is 0 Å². The van der Waals surface area contributed by atoms with Crippen molar-refractivity contribution in [3.8, 4) is 0 Å². The maximum Gasteiger partial charge on any atom is 0.229 e. The molecule has 0 atom stereocenters. The summed E-state index contributed by atoms with van der Waals surface area (Å²) in [7, 11) is 0. The Bertz CT molecular complexity index is 768. The molecule has 0 aromatic heterocycles. The van der Waals surface area contributed by atoms with Gasteiger partial charge >= 0.3 is 0 Å². The van der Waals surface area contributed by atoms with Gasteiger partial charge in [-0.25, -0.2) is 8.78 Å². The van der Waals surface area contributed by atoms with Gasteiger partial charge in [0.05, 0.1) is 0 Å². The van der Waals surface area contributed by atoms with E-state index >= 15 is 0 Å². The van der Waals surface area contributed by atoms with Gasteiger partial charge in [0.15, 0.2) is 0 Å². The molecule has 144 valence electrons. The van der Waals surface area contributed by atoms with Crippen LogP contribution in [0.3, 0.4) is 0 Å². The first-order chi connectivity index (χ1) is 12.9. The number of anilines is 1. The van der Waals surface area contributed by atoms with E-state index in [-0.39, 0.29) is 29.5 Å². The van der Waals surface area contributed by atoms with Crippen LogP contribution >= 0.6 is 0 Å². The molecule has 1 amide bonds. The molecule has 2 aromatic carbocycles. The highest BCUT2D eigenvalue weighted by Crippen LogP contribution is 2.26. The van der Waals surface area contributed by atoms with Crippen molar-refractivity contribution in [2.75, 3.05) is 18.0 Å². The molecule has 3 nitrogen and oxygen atoms in total. The molecule has 0 N–H and O–H groups in total. The zero-order chi connectivity index (χ0) is 19.4. The third-order valence-corrected chi connectivity index (χ3v) is 5.05. The van der Waals surface area contributed by atoms with Gasteiger partial charge in [0, 0.05) is 37.3 Å². The second kappa shape index (κ2) is 8.61. The van der Waals surface area contributed by atoms with Crippen LogP contribution < -0.4 is 4.90 Å². The third-order valence-electron chi connectivity index (χ3n) is 5.05. The Kier molecular flexibility index (Phi) is 6.22. The monoisotopic (exact) mass is 372 g/mol. The molecule has 2 aromatic rings.